The Hall–Kier alpha value is -2.41. The molecule has 0 amide bonds. The van der Waals surface area contributed by atoms with Crippen LogP contribution in [0, 0.1) is 0 Å². The summed E-state index contributed by atoms with van der Waals surface area (Å²) in [5.41, 5.74) is -0.0751. The summed E-state index contributed by atoms with van der Waals surface area (Å²) in [6.07, 6.45) is 2.57. The van der Waals surface area contributed by atoms with Gasteiger partial charge in [-0.3, -0.25) is 0 Å². The average molecular weight is 317 g/mol. The predicted octanol–water partition coefficient (Wildman–Crippen LogP) is 1.93. The molecule has 0 spiro atoms. The van der Waals surface area contributed by atoms with Crippen LogP contribution < -0.4 is 0 Å². The highest BCUT2D eigenvalue weighted by atomic mass is 16.4. The Labute approximate surface area is 133 Å². The lowest BCUT2D eigenvalue weighted by Crippen LogP contribution is -2.28. The fourth-order valence-corrected chi connectivity index (χ4v) is 3.24. The summed E-state index contributed by atoms with van der Waals surface area (Å²) in [5, 5.41) is 18.7. The zero-order valence-corrected chi connectivity index (χ0v) is 13.1. The molecule has 7 heteroatoms. The number of aromatic nitrogens is 2. The number of rotatable bonds is 4. The zero-order valence-electron chi connectivity index (χ0n) is 13.1. The third kappa shape index (κ3) is 2.57. The van der Waals surface area contributed by atoms with Crippen LogP contribution in [0.4, 0.5) is 0 Å². The molecule has 23 heavy (non-hydrogen) atoms. The van der Waals surface area contributed by atoms with Crippen LogP contribution in [0.15, 0.2) is 18.3 Å². The molecule has 0 bridgehead atoms. The van der Waals surface area contributed by atoms with E-state index in [1.54, 1.807) is 16.7 Å². The third-order valence-corrected chi connectivity index (χ3v) is 4.44. The van der Waals surface area contributed by atoms with E-state index in [2.05, 4.69) is 23.7 Å². The molecule has 2 aromatic rings. The van der Waals surface area contributed by atoms with Crippen LogP contribution in [-0.2, 0) is 0 Å². The first kappa shape index (κ1) is 15.5. The normalized spacial score (nSPS) is 18.8. The van der Waals surface area contributed by atoms with Gasteiger partial charge in [0.25, 0.3) is 0 Å². The second-order valence-corrected chi connectivity index (χ2v) is 6.14. The summed E-state index contributed by atoms with van der Waals surface area (Å²) in [7, 11) is 0. The van der Waals surface area contributed by atoms with Gasteiger partial charge in [0.2, 0.25) is 0 Å². The molecule has 1 fully saturated rings. The molecule has 2 N–H and O–H groups in total. The SMILES string of the molecule is CC(C)N1CCC(c2nc(C(=O)O)c3c(C(=O)O)cccn23)C1. The molecule has 0 saturated carbocycles. The second-order valence-electron chi connectivity index (χ2n) is 6.14. The Morgan fingerprint density at radius 1 is 1.30 bits per heavy atom. The molecule has 122 valence electrons. The van der Waals surface area contributed by atoms with Crippen molar-refractivity contribution in [3.63, 3.8) is 0 Å². The molecule has 2 aromatic heterocycles. The maximum atomic E-state index is 11.5. The highest BCUT2D eigenvalue weighted by molar-refractivity contribution is 6.03. The molecule has 0 aliphatic carbocycles. The first-order chi connectivity index (χ1) is 10.9. The number of hydrogen-bond acceptors (Lipinski definition) is 4. The molecule has 0 radical (unpaired) electrons. The van der Waals surface area contributed by atoms with Crippen molar-refractivity contribution in [2.45, 2.75) is 32.2 Å². The van der Waals surface area contributed by atoms with Crippen molar-refractivity contribution in [1.29, 1.82) is 0 Å². The minimum atomic E-state index is -1.21. The van der Waals surface area contributed by atoms with E-state index in [1.807, 2.05) is 0 Å². The van der Waals surface area contributed by atoms with E-state index in [-0.39, 0.29) is 22.7 Å². The van der Waals surface area contributed by atoms with Crippen LogP contribution in [-0.4, -0.2) is 55.6 Å². The number of nitrogens with zero attached hydrogens (tertiary/aromatic N) is 3. The van der Waals surface area contributed by atoms with Crippen molar-refractivity contribution >= 4 is 17.5 Å². The first-order valence-corrected chi connectivity index (χ1v) is 7.61. The minimum absolute atomic E-state index is 0.0395. The maximum Gasteiger partial charge on any atom is 0.356 e. The minimum Gasteiger partial charge on any atom is -0.478 e. The lowest BCUT2D eigenvalue weighted by atomic mass is 10.1. The Morgan fingerprint density at radius 2 is 2.04 bits per heavy atom. The number of imidazole rings is 1. The van der Waals surface area contributed by atoms with Gasteiger partial charge < -0.3 is 19.5 Å². The van der Waals surface area contributed by atoms with Crippen LogP contribution in [0.25, 0.3) is 5.52 Å². The van der Waals surface area contributed by atoms with E-state index in [1.165, 1.54) is 6.07 Å². The molecular weight excluding hydrogens is 298 g/mol. The van der Waals surface area contributed by atoms with Gasteiger partial charge in [-0.1, -0.05) is 0 Å². The van der Waals surface area contributed by atoms with Crippen molar-refractivity contribution in [3.8, 4) is 0 Å². The lowest BCUT2D eigenvalue weighted by molar-refractivity contribution is 0.0691. The fraction of sp³-hybridized carbons (Fsp3) is 0.438. The molecule has 3 heterocycles. The number of fused-ring (bicyclic) bond motifs is 1. The van der Waals surface area contributed by atoms with Crippen LogP contribution in [0.1, 0.15) is 52.9 Å². The van der Waals surface area contributed by atoms with Crippen molar-refractivity contribution in [2.75, 3.05) is 13.1 Å². The van der Waals surface area contributed by atoms with E-state index in [9.17, 15) is 19.8 Å². The lowest BCUT2D eigenvalue weighted by Gasteiger charge is -2.19. The molecule has 1 saturated heterocycles. The summed E-state index contributed by atoms with van der Waals surface area (Å²) in [6.45, 7) is 5.97. The third-order valence-electron chi connectivity index (χ3n) is 4.44. The fourth-order valence-electron chi connectivity index (χ4n) is 3.24. The van der Waals surface area contributed by atoms with Gasteiger partial charge in [-0.15, -0.1) is 0 Å². The van der Waals surface area contributed by atoms with Gasteiger partial charge in [-0.25, -0.2) is 14.6 Å². The number of likely N-dealkylation sites (tertiary alicyclic amines) is 1. The van der Waals surface area contributed by atoms with Gasteiger partial charge in [0, 0.05) is 24.7 Å². The van der Waals surface area contributed by atoms with Gasteiger partial charge in [-0.05, 0) is 38.9 Å². The van der Waals surface area contributed by atoms with Crippen molar-refractivity contribution < 1.29 is 19.8 Å². The van der Waals surface area contributed by atoms with Crippen molar-refractivity contribution in [1.82, 2.24) is 14.3 Å². The van der Waals surface area contributed by atoms with Crippen LogP contribution in [0.5, 0.6) is 0 Å². The molecule has 1 atom stereocenters. The number of carboxylic acids is 2. The van der Waals surface area contributed by atoms with Crippen molar-refractivity contribution in [3.05, 3.63) is 35.4 Å². The summed E-state index contributed by atoms with van der Waals surface area (Å²) >= 11 is 0. The van der Waals surface area contributed by atoms with E-state index >= 15 is 0 Å². The molecule has 1 aliphatic rings. The molecule has 7 nitrogen and oxygen atoms in total. The number of carboxylic acid groups (broad SMARTS) is 2. The Balaban J connectivity index is 2.14. The van der Waals surface area contributed by atoms with Gasteiger partial charge in [0.15, 0.2) is 5.69 Å². The molecule has 1 unspecified atom stereocenters. The summed E-state index contributed by atoms with van der Waals surface area (Å²) in [4.78, 5) is 29.5. The van der Waals surface area contributed by atoms with E-state index in [0.29, 0.717) is 11.9 Å². The topological polar surface area (TPSA) is 95.1 Å². The predicted molar refractivity (Wildman–Crippen MR) is 83.2 cm³/mol. The average Bonchev–Trinajstić information content (AvgIpc) is 3.10. The Kier molecular flexibility index (Phi) is 3.81. The van der Waals surface area contributed by atoms with Gasteiger partial charge in [0.05, 0.1) is 11.1 Å². The van der Waals surface area contributed by atoms with Crippen LogP contribution in [0.2, 0.25) is 0 Å². The summed E-state index contributed by atoms with van der Waals surface area (Å²) in [5.74, 6) is -1.63. The second kappa shape index (κ2) is 5.66. The van der Waals surface area contributed by atoms with Gasteiger partial charge in [-0.2, -0.15) is 0 Å². The highest BCUT2D eigenvalue weighted by Crippen LogP contribution is 2.30. The number of carbonyl (C=O) groups is 2. The number of aromatic carboxylic acids is 2. The molecule has 3 rings (SSSR count). The van der Waals surface area contributed by atoms with E-state index in [0.717, 1.165) is 19.5 Å². The summed E-state index contributed by atoms with van der Waals surface area (Å²) in [6, 6.07) is 3.44. The quantitative estimate of drug-likeness (QED) is 0.894. The molecule has 0 aromatic carbocycles. The standard InChI is InChI=1S/C16H19N3O4/c1-9(2)18-7-5-10(8-18)14-17-12(16(22)23)13-11(15(20)21)4-3-6-19(13)14/h3-4,6,9-10H,5,7-8H2,1-2H3,(H,20,21)(H,22,23). The van der Waals surface area contributed by atoms with Crippen LogP contribution in [0.3, 0.4) is 0 Å². The first-order valence-electron chi connectivity index (χ1n) is 7.61. The smallest absolute Gasteiger partial charge is 0.356 e. The molecular formula is C16H19N3O4. The van der Waals surface area contributed by atoms with E-state index < -0.39 is 11.9 Å². The Morgan fingerprint density at radius 3 is 2.61 bits per heavy atom. The van der Waals surface area contributed by atoms with E-state index in [4.69, 9.17) is 0 Å². The summed E-state index contributed by atoms with van der Waals surface area (Å²) < 4.78 is 1.63. The van der Waals surface area contributed by atoms with Gasteiger partial charge in [0.1, 0.15) is 5.82 Å². The van der Waals surface area contributed by atoms with Crippen molar-refractivity contribution in [2.24, 2.45) is 0 Å². The monoisotopic (exact) mass is 317 g/mol. The van der Waals surface area contributed by atoms with Gasteiger partial charge >= 0.3 is 11.9 Å². The van der Waals surface area contributed by atoms with Crippen LogP contribution >= 0.6 is 0 Å². The Bertz CT molecular complexity index is 781. The highest BCUT2D eigenvalue weighted by Gasteiger charge is 2.31. The number of pyridine rings is 1. The molecule has 1 aliphatic heterocycles. The largest absolute Gasteiger partial charge is 0.478 e. The number of hydrogen-bond donors (Lipinski definition) is 2. The maximum absolute atomic E-state index is 11.5. The zero-order chi connectivity index (χ0) is 16.7.